The molecular formula is C14H25N3O. The van der Waals surface area contributed by atoms with E-state index in [4.69, 9.17) is 0 Å². The van der Waals surface area contributed by atoms with Crippen molar-refractivity contribution in [2.75, 3.05) is 39.3 Å². The molecule has 0 radical (unpaired) electrons. The first kappa shape index (κ1) is 13.6. The fourth-order valence-electron chi connectivity index (χ4n) is 2.79. The standard InChI is InChI=1S/C14H25N3O/c1-2-8-16-9-11-17(12-10-16)14(18)13-6-4-3-5-7-15-13/h2,13,15H,1,3-12H2. The van der Waals surface area contributed by atoms with Gasteiger partial charge in [-0.1, -0.05) is 18.9 Å². The topological polar surface area (TPSA) is 35.6 Å². The van der Waals surface area contributed by atoms with Crippen LogP contribution >= 0.6 is 0 Å². The fourth-order valence-corrected chi connectivity index (χ4v) is 2.79. The van der Waals surface area contributed by atoms with Gasteiger partial charge in [0.05, 0.1) is 6.04 Å². The zero-order valence-electron chi connectivity index (χ0n) is 11.2. The van der Waals surface area contributed by atoms with Gasteiger partial charge in [-0.05, 0) is 19.4 Å². The van der Waals surface area contributed by atoms with Crippen molar-refractivity contribution in [1.29, 1.82) is 0 Å². The summed E-state index contributed by atoms with van der Waals surface area (Å²) in [6.07, 6.45) is 6.58. The summed E-state index contributed by atoms with van der Waals surface area (Å²) in [4.78, 5) is 16.8. The molecule has 0 aromatic rings. The quantitative estimate of drug-likeness (QED) is 0.755. The Balaban J connectivity index is 1.80. The minimum Gasteiger partial charge on any atom is -0.339 e. The van der Waals surface area contributed by atoms with Crippen molar-refractivity contribution in [1.82, 2.24) is 15.1 Å². The molecule has 0 bridgehead atoms. The first-order chi connectivity index (χ1) is 8.81. The molecule has 2 rings (SSSR count). The Hall–Kier alpha value is -0.870. The maximum Gasteiger partial charge on any atom is 0.239 e. The molecule has 1 N–H and O–H groups in total. The molecule has 102 valence electrons. The number of amides is 1. The van der Waals surface area contributed by atoms with E-state index < -0.39 is 0 Å². The Morgan fingerprint density at radius 2 is 2.00 bits per heavy atom. The summed E-state index contributed by atoms with van der Waals surface area (Å²) < 4.78 is 0. The van der Waals surface area contributed by atoms with Gasteiger partial charge in [-0.3, -0.25) is 9.69 Å². The van der Waals surface area contributed by atoms with Crippen molar-refractivity contribution in [3.8, 4) is 0 Å². The highest BCUT2D eigenvalue weighted by Crippen LogP contribution is 2.12. The van der Waals surface area contributed by atoms with Gasteiger partial charge in [0, 0.05) is 32.7 Å². The first-order valence-electron chi connectivity index (χ1n) is 7.16. The molecule has 2 saturated heterocycles. The molecule has 0 aromatic carbocycles. The van der Waals surface area contributed by atoms with Gasteiger partial charge in [0.2, 0.25) is 5.91 Å². The third kappa shape index (κ3) is 3.56. The zero-order valence-corrected chi connectivity index (χ0v) is 11.2. The Bertz CT molecular complexity index is 277. The highest BCUT2D eigenvalue weighted by Gasteiger charge is 2.27. The number of carbonyl (C=O) groups excluding carboxylic acids is 1. The van der Waals surface area contributed by atoms with Crippen LogP contribution in [0.1, 0.15) is 25.7 Å². The van der Waals surface area contributed by atoms with Gasteiger partial charge in [0.1, 0.15) is 0 Å². The third-order valence-electron chi connectivity index (χ3n) is 3.93. The molecule has 0 aromatic heterocycles. The van der Waals surface area contributed by atoms with Gasteiger partial charge in [-0.15, -0.1) is 6.58 Å². The van der Waals surface area contributed by atoms with E-state index in [-0.39, 0.29) is 6.04 Å². The summed E-state index contributed by atoms with van der Waals surface area (Å²) >= 11 is 0. The van der Waals surface area contributed by atoms with Crippen LogP contribution in [0, 0.1) is 0 Å². The second kappa shape index (κ2) is 6.90. The van der Waals surface area contributed by atoms with Crippen molar-refractivity contribution in [2.45, 2.75) is 31.7 Å². The van der Waals surface area contributed by atoms with Crippen molar-refractivity contribution in [2.24, 2.45) is 0 Å². The van der Waals surface area contributed by atoms with E-state index in [1.807, 2.05) is 11.0 Å². The molecule has 2 aliphatic heterocycles. The second-order valence-corrected chi connectivity index (χ2v) is 5.27. The van der Waals surface area contributed by atoms with Crippen LogP contribution in [0.3, 0.4) is 0 Å². The maximum absolute atomic E-state index is 12.4. The SMILES string of the molecule is C=CCN1CCN(C(=O)C2CCCCCN2)CC1. The number of nitrogens with zero attached hydrogens (tertiary/aromatic N) is 2. The summed E-state index contributed by atoms with van der Waals surface area (Å²) in [5.41, 5.74) is 0. The largest absolute Gasteiger partial charge is 0.339 e. The number of rotatable bonds is 3. The maximum atomic E-state index is 12.4. The van der Waals surface area contributed by atoms with Crippen LogP contribution in [0.2, 0.25) is 0 Å². The molecule has 0 aliphatic carbocycles. The normalized spacial score (nSPS) is 26.7. The lowest BCUT2D eigenvalue weighted by atomic mass is 10.1. The molecule has 18 heavy (non-hydrogen) atoms. The van der Waals surface area contributed by atoms with Gasteiger partial charge in [0.15, 0.2) is 0 Å². The van der Waals surface area contributed by atoms with Gasteiger partial charge in [-0.2, -0.15) is 0 Å². The monoisotopic (exact) mass is 251 g/mol. The predicted molar refractivity (Wildman–Crippen MR) is 73.5 cm³/mol. The summed E-state index contributed by atoms with van der Waals surface area (Å²) in [5, 5.41) is 3.39. The van der Waals surface area contributed by atoms with E-state index in [1.54, 1.807) is 0 Å². The van der Waals surface area contributed by atoms with Gasteiger partial charge >= 0.3 is 0 Å². The third-order valence-corrected chi connectivity index (χ3v) is 3.93. The fraction of sp³-hybridized carbons (Fsp3) is 0.786. The average molecular weight is 251 g/mol. The van der Waals surface area contributed by atoms with Crippen LogP contribution in [0.15, 0.2) is 12.7 Å². The lowest BCUT2D eigenvalue weighted by Gasteiger charge is -2.36. The Kier molecular flexibility index (Phi) is 5.20. The Morgan fingerprint density at radius 1 is 1.22 bits per heavy atom. The average Bonchev–Trinajstić information content (AvgIpc) is 2.68. The van der Waals surface area contributed by atoms with Crippen molar-refractivity contribution in [3.05, 3.63) is 12.7 Å². The highest BCUT2D eigenvalue weighted by molar-refractivity contribution is 5.82. The minimum atomic E-state index is 0.0680. The molecule has 1 amide bonds. The smallest absolute Gasteiger partial charge is 0.239 e. The van der Waals surface area contributed by atoms with E-state index in [2.05, 4.69) is 16.8 Å². The first-order valence-corrected chi connectivity index (χ1v) is 7.16. The van der Waals surface area contributed by atoms with Crippen LogP contribution in [-0.2, 0) is 4.79 Å². The number of hydrogen-bond donors (Lipinski definition) is 1. The van der Waals surface area contributed by atoms with Gasteiger partial charge in [-0.25, -0.2) is 0 Å². The van der Waals surface area contributed by atoms with E-state index >= 15 is 0 Å². The molecular weight excluding hydrogens is 226 g/mol. The molecule has 4 heteroatoms. The number of hydrogen-bond acceptors (Lipinski definition) is 3. The van der Waals surface area contributed by atoms with Crippen molar-refractivity contribution in [3.63, 3.8) is 0 Å². The highest BCUT2D eigenvalue weighted by atomic mass is 16.2. The Labute approximate surface area is 110 Å². The molecule has 2 aliphatic rings. The zero-order chi connectivity index (χ0) is 12.8. The van der Waals surface area contributed by atoms with Crippen LogP contribution in [0.25, 0.3) is 0 Å². The van der Waals surface area contributed by atoms with Crippen LogP contribution < -0.4 is 5.32 Å². The summed E-state index contributed by atoms with van der Waals surface area (Å²) in [6.45, 7) is 9.37. The molecule has 1 unspecified atom stereocenters. The molecule has 0 saturated carbocycles. The lowest BCUT2D eigenvalue weighted by molar-refractivity contribution is -0.135. The van der Waals surface area contributed by atoms with E-state index in [9.17, 15) is 4.79 Å². The summed E-state index contributed by atoms with van der Waals surface area (Å²) in [5.74, 6) is 0.315. The molecule has 4 nitrogen and oxygen atoms in total. The van der Waals surface area contributed by atoms with Gasteiger partial charge in [0.25, 0.3) is 0 Å². The predicted octanol–water partition coefficient (Wildman–Crippen LogP) is 0.849. The van der Waals surface area contributed by atoms with Crippen LogP contribution in [0.4, 0.5) is 0 Å². The van der Waals surface area contributed by atoms with E-state index in [0.29, 0.717) is 5.91 Å². The second-order valence-electron chi connectivity index (χ2n) is 5.27. The summed E-state index contributed by atoms with van der Waals surface area (Å²) in [6, 6.07) is 0.0680. The Morgan fingerprint density at radius 3 is 2.72 bits per heavy atom. The molecule has 2 fully saturated rings. The number of piperazine rings is 1. The number of nitrogens with one attached hydrogen (secondary N) is 1. The van der Waals surface area contributed by atoms with E-state index in [0.717, 1.165) is 45.7 Å². The van der Waals surface area contributed by atoms with Crippen LogP contribution in [0.5, 0.6) is 0 Å². The van der Waals surface area contributed by atoms with Crippen molar-refractivity contribution >= 4 is 5.91 Å². The number of carbonyl (C=O) groups is 1. The molecule has 0 spiro atoms. The van der Waals surface area contributed by atoms with Crippen molar-refractivity contribution < 1.29 is 4.79 Å². The molecule has 2 heterocycles. The minimum absolute atomic E-state index is 0.0680. The lowest BCUT2D eigenvalue weighted by Crippen LogP contribution is -2.53. The van der Waals surface area contributed by atoms with E-state index in [1.165, 1.54) is 19.3 Å². The molecule has 1 atom stereocenters. The van der Waals surface area contributed by atoms with Gasteiger partial charge < -0.3 is 10.2 Å². The van der Waals surface area contributed by atoms with Crippen LogP contribution in [-0.4, -0.2) is 61.0 Å². The summed E-state index contributed by atoms with van der Waals surface area (Å²) in [7, 11) is 0.